The largest absolute Gasteiger partial charge is 0.206 e. The molecule has 2 rings (SSSR count). The molecule has 17 heavy (non-hydrogen) atoms. The average molecular weight is 228 g/mol. The van der Waals surface area contributed by atoms with Crippen LogP contribution in [-0.4, -0.2) is 0 Å². The van der Waals surface area contributed by atoms with Crippen molar-refractivity contribution in [2.24, 2.45) is 0 Å². The highest BCUT2D eigenvalue weighted by Gasteiger charge is 2.11. The molecule has 0 unspecified atom stereocenters. The van der Waals surface area contributed by atoms with Gasteiger partial charge in [-0.05, 0) is 47.2 Å². The molecule has 1 heteroatoms. The molecular weight excluding hydrogens is 211 g/mol. The van der Waals surface area contributed by atoms with Crippen LogP contribution in [0.5, 0.6) is 0 Å². The Morgan fingerprint density at radius 3 is 2.18 bits per heavy atom. The van der Waals surface area contributed by atoms with E-state index in [-0.39, 0.29) is 11.7 Å². The summed E-state index contributed by atoms with van der Waals surface area (Å²) in [6.45, 7) is 5.87. The summed E-state index contributed by atoms with van der Waals surface area (Å²) < 4.78 is 13.9. The van der Waals surface area contributed by atoms with Gasteiger partial charge in [-0.1, -0.05) is 44.2 Å². The third kappa shape index (κ3) is 2.38. The first-order valence-electron chi connectivity index (χ1n) is 5.95. The zero-order valence-electron chi connectivity index (χ0n) is 10.5. The van der Waals surface area contributed by atoms with Crippen molar-refractivity contribution in [3.63, 3.8) is 0 Å². The summed E-state index contributed by atoms with van der Waals surface area (Å²) in [5, 5.41) is 0. The first kappa shape index (κ1) is 11.8. The maximum Gasteiger partial charge on any atom is 0.129 e. The average Bonchev–Trinajstić information content (AvgIpc) is 2.33. The van der Waals surface area contributed by atoms with Crippen molar-refractivity contribution in [1.29, 1.82) is 0 Å². The standard InChI is InChI=1S/C16H17F/c1-11(2)15-10-14(9-12(3)16(15)17)13-7-5-4-6-8-13/h4-11H,1-3H3. The lowest BCUT2D eigenvalue weighted by molar-refractivity contribution is 0.590. The molecule has 0 radical (unpaired) electrons. The second kappa shape index (κ2) is 4.70. The number of halogens is 1. The third-order valence-electron chi connectivity index (χ3n) is 3.01. The normalized spacial score (nSPS) is 10.9. The molecule has 88 valence electrons. The first-order valence-corrected chi connectivity index (χ1v) is 5.95. The molecule has 0 aliphatic heterocycles. The second-order valence-corrected chi connectivity index (χ2v) is 4.72. The number of rotatable bonds is 2. The summed E-state index contributed by atoms with van der Waals surface area (Å²) >= 11 is 0. The predicted octanol–water partition coefficient (Wildman–Crippen LogP) is 4.92. The zero-order valence-corrected chi connectivity index (χ0v) is 10.5. The summed E-state index contributed by atoms with van der Waals surface area (Å²) in [5.41, 5.74) is 3.74. The van der Waals surface area contributed by atoms with Gasteiger partial charge in [0.2, 0.25) is 0 Å². The Morgan fingerprint density at radius 2 is 1.59 bits per heavy atom. The minimum atomic E-state index is -0.0697. The summed E-state index contributed by atoms with van der Waals surface area (Å²) in [7, 11) is 0. The van der Waals surface area contributed by atoms with Gasteiger partial charge in [-0.15, -0.1) is 0 Å². The molecule has 0 aromatic heterocycles. The van der Waals surface area contributed by atoms with Crippen LogP contribution in [0.4, 0.5) is 4.39 Å². The van der Waals surface area contributed by atoms with Crippen LogP contribution in [0.3, 0.4) is 0 Å². The molecule has 0 N–H and O–H groups in total. The number of benzene rings is 2. The summed E-state index contributed by atoms with van der Waals surface area (Å²) in [4.78, 5) is 0. The van der Waals surface area contributed by atoms with Crippen LogP contribution in [0, 0.1) is 12.7 Å². The zero-order chi connectivity index (χ0) is 12.4. The maximum absolute atomic E-state index is 13.9. The van der Waals surface area contributed by atoms with E-state index in [1.54, 1.807) is 0 Å². The van der Waals surface area contributed by atoms with Crippen molar-refractivity contribution in [2.45, 2.75) is 26.7 Å². The minimum absolute atomic E-state index is 0.0697. The third-order valence-corrected chi connectivity index (χ3v) is 3.01. The molecular formula is C16H17F. The molecule has 2 aromatic carbocycles. The quantitative estimate of drug-likeness (QED) is 0.684. The maximum atomic E-state index is 13.9. The Labute approximate surface area is 102 Å². The highest BCUT2D eigenvalue weighted by Crippen LogP contribution is 2.28. The van der Waals surface area contributed by atoms with Gasteiger partial charge in [0.15, 0.2) is 0 Å². The Hall–Kier alpha value is -1.63. The lowest BCUT2D eigenvalue weighted by Gasteiger charge is -2.12. The van der Waals surface area contributed by atoms with Crippen LogP contribution >= 0.6 is 0 Å². The number of hydrogen-bond donors (Lipinski definition) is 0. The second-order valence-electron chi connectivity index (χ2n) is 4.72. The van der Waals surface area contributed by atoms with Gasteiger partial charge < -0.3 is 0 Å². The van der Waals surface area contributed by atoms with Gasteiger partial charge in [0.1, 0.15) is 5.82 Å². The van der Waals surface area contributed by atoms with E-state index >= 15 is 0 Å². The molecule has 0 bridgehead atoms. The summed E-state index contributed by atoms with van der Waals surface area (Å²) in [5.74, 6) is 0.136. The Kier molecular flexibility index (Phi) is 3.28. The van der Waals surface area contributed by atoms with E-state index in [0.717, 1.165) is 22.3 Å². The fourth-order valence-corrected chi connectivity index (χ4v) is 2.01. The van der Waals surface area contributed by atoms with Crippen molar-refractivity contribution in [1.82, 2.24) is 0 Å². The Bertz CT molecular complexity index is 513. The molecule has 0 aliphatic rings. The fourth-order valence-electron chi connectivity index (χ4n) is 2.01. The predicted molar refractivity (Wildman–Crippen MR) is 70.7 cm³/mol. The smallest absolute Gasteiger partial charge is 0.129 e. The minimum Gasteiger partial charge on any atom is -0.206 e. The lowest BCUT2D eigenvalue weighted by atomic mass is 9.94. The molecule has 0 spiro atoms. The molecule has 0 atom stereocenters. The van der Waals surface area contributed by atoms with E-state index in [4.69, 9.17) is 0 Å². The van der Waals surface area contributed by atoms with E-state index in [1.165, 1.54) is 0 Å². The van der Waals surface area contributed by atoms with E-state index in [0.29, 0.717) is 0 Å². The van der Waals surface area contributed by atoms with Crippen molar-refractivity contribution < 1.29 is 4.39 Å². The van der Waals surface area contributed by atoms with Gasteiger partial charge in [-0.2, -0.15) is 0 Å². The number of hydrogen-bond acceptors (Lipinski definition) is 0. The van der Waals surface area contributed by atoms with Crippen LogP contribution in [0.15, 0.2) is 42.5 Å². The van der Waals surface area contributed by atoms with Gasteiger partial charge >= 0.3 is 0 Å². The summed E-state index contributed by atoms with van der Waals surface area (Å²) in [6.07, 6.45) is 0. The van der Waals surface area contributed by atoms with Crippen LogP contribution in [0.2, 0.25) is 0 Å². The molecule has 0 saturated heterocycles. The van der Waals surface area contributed by atoms with Crippen molar-refractivity contribution in [3.8, 4) is 11.1 Å². The van der Waals surface area contributed by atoms with E-state index in [9.17, 15) is 4.39 Å². The fraction of sp³-hybridized carbons (Fsp3) is 0.250. The van der Waals surface area contributed by atoms with Crippen molar-refractivity contribution >= 4 is 0 Å². The van der Waals surface area contributed by atoms with E-state index in [1.807, 2.05) is 51.1 Å². The van der Waals surface area contributed by atoms with Gasteiger partial charge in [0, 0.05) is 0 Å². The van der Waals surface area contributed by atoms with E-state index in [2.05, 4.69) is 12.1 Å². The molecule has 2 aromatic rings. The number of aryl methyl sites for hydroxylation is 1. The van der Waals surface area contributed by atoms with Gasteiger partial charge in [-0.3, -0.25) is 0 Å². The molecule has 0 fully saturated rings. The molecule has 0 nitrogen and oxygen atoms in total. The van der Waals surface area contributed by atoms with Crippen molar-refractivity contribution in [2.75, 3.05) is 0 Å². The summed E-state index contributed by atoms with van der Waals surface area (Å²) in [6, 6.07) is 14.0. The van der Waals surface area contributed by atoms with Gasteiger partial charge in [0.05, 0.1) is 0 Å². The highest BCUT2D eigenvalue weighted by molar-refractivity contribution is 5.65. The molecule has 0 heterocycles. The lowest BCUT2D eigenvalue weighted by Crippen LogP contribution is -1.97. The Morgan fingerprint density at radius 1 is 0.941 bits per heavy atom. The monoisotopic (exact) mass is 228 g/mol. The Balaban J connectivity index is 2.57. The molecule has 0 saturated carbocycles. The highest BCUT2D eigenvalue weighted by atomic mass is 19.1. The van der Waals surface area contributed by atoms with Crippen molar-refractivity contribution in [3.05, 3.63) is 59.4 Å². The van der Waals surface area contributed by atoms with Crippen LogP contribution in [0.1, 0.15) is 30.9 Å². The van der Waals surface area contributed by atoms with Crippen LogP contribution in [-0.2, 0) is 0 Å². The topological polar surface area (TPSA) is 0 Å². The molecule has 0 aliphatic carbocycles. The SMILES string of the molecule is Cc1cc(-c2ccccc2)cc(C(C)C)c1F. The van der Waals surface area contributed by atoms with Gasteiger partial charge in [-0.25, -0.2) is 4.39 Å². The molecule has 0 amide bonds. The first-order chi connectivity index (χ1) is 8.09. The van der Waals surface area contributed by atoms with E-state index < -0.39 is 0 Å². The van der Waals surface area contributed by atoms with Gasteiger partial charge in [0.25, 0.3) is 0 Å². The van der Waals surface area contributed by atoms with Crippen LogP contribution < -0.4 is 0 Å². The van der Waals surface area contributed by atoms with Crippen LogP contribution in [0.25, 0.3) is 11.1 Å².